The van der Waals surface area contributed by atoms with E-state index in [1.54, 1.807) is 7.11 Å². The van der Waals surface area contributed by atoms with E-state index in [2.05, 4.69) is 23.2 Å². The first-order valence-corrected chi connectivity index (χ1v) is 6.90. The van der Waals surface area contributed by atoms with Crippen LogP contribution >= 0.6 is 12.2 Å². The Balaban J connectivity index is 1.94. The zero-order valence-electron chi connectivity index (χ0n) is 11.2. The van der Waals surface area contributed by atoms with E-state index in [1.165, 1.54) is 5.56 Å². The molecule has 1 saturated heterocycles. The van der Waals surface area contributed by atoms with Gasteiger partial charge in [-0.25, -0.2) is 0 Å². The predicted molar refractivity (Wildman–Crippen MR) is 77.1 cm³/mol. The minimum atomic E-state index is -0.389. The van der Waals surface area contributed by atoms with Crippen LogP contribution in [0, 0.1) is 0 Å². The van der Waals surface area contributed by atoms with Gasteiger partial charge in [-0.2, -0.15) is 0 Å². The first-order valence-electron chi connectivity index (χ1n) is 6.49. The summed E-state index contributed by atoms with van der Waals surface area (Å²) in [6.45, 7) is 3.46. The summed E-state index contributed by atoms with van der Waals surface area (Å²) in [4.78, 5) is 2.08. The van der Waals surface area contributed by atoms with Crippen molar-refractivity contribution < 1.29 is 9.47 Å². The van der Waals surface area contributed by atoms with Gasteiger partial charge in [0.05, 0.1) is 12.6 Å². The van der Waals surface area contributed by atoms with Gasteiger partial charge in [0.25, 0.3) is 0 Å². The van der Waals surface area contributed by atoms with Crippen molar-refractivity contribution >= 4 is 17.3 Å². The van der Waals surface area contributed by atoms with Crippen LogP contribution in [0.25, 0.3) is 0 Å². The smallest absolute Gasteiger partial charge is 0.184 e. The lowest BCUT2D eigenvalue weighted by Gasteiger charge is -2.52. The maximum Gasteiger partial charge on any atom is 0.184 e. The first kappa shape index (κ1) is 12.7. The molecule has 3 rings (SSSR count). The number of hydrogen-bond acceptors (Lipinski definition) is 3. The lowest BCUT2D eigenvalue weighted by atomic mass is 9.91. The van der Waals surface area contributed by atoms with Crippen molar-refractivity contribution in [3.8, 4) is 5.75 Å². The van der Waals surface area contributed by atoms with Gasteiger partial charge in [0.1, 0.15) is 5.75 Å². The van der Waals surface area contributed by atoms with Crippen LogP contribution in [-0.4, -0.2) is 36.0 Å². The summed E-state index contributed by atoms with van der Waals surface area (Å²) in [6.07, 6.45) is 0.883. The maximum absolute atomic E-state index is 6.21. The predicted octanol–water partition coefficient (Wildman–Crippen LogP) is 2.06. The third-order valence-corrected chi connectivity index (χ3v) is 4.18. The molecular weight excluding hydrogens is 260 g/mol. The highest BCUT2D eigenvalue weighted by Crippen LogP contribution is 2.43. The van der Waals surface area contributed by atoms with E-state index in [0.29, 0.717) is 6.61 Å². The number of methoxy groups -OCH3 is 1. The Morgan fingerprint density at radius 3 is 3.11 bits per heavy atom. The first-order chi connectivity index (χ1) is 9.14. The highest BCUT2D eigenvalue weighted by molar-refractivity contribution is 7.80. The van der Waals surface area contributed by atoms with Crippen LogP contribution in [0.15, 0.2) is 24.3 Å². The van der Waals surface area contributed by atoms with E-state index < -0.39 is 0 Å². The summed E-state index contributed by atoms with van der Waals surface area (Å²) in [6, 6.07) is 8.39. The highest BCUT2D eigenvalue weighted by Gasteiger charge is 2.47. The van der Waals surface area contributed by atoms with Gasteiger partial charge < -0.3 is 19.7 Å². The number of nitrogens with zero attached hydrogens (tertiary/aromatic N) is 1. The molecule has 2 atom stereocenters. The number of benzene rings is 1. The van der Waals surface area contributed by atoms with Crippen molar-refractivity contribution in [1.29, 1.82) is 0 Å². The SMILES string of the molecule is COCCN1C(=S)N[C@@H]2C[C@]1(C)Oc1ccccc12. The lowest BCUT2D eigenvalue weighted by Crippen LogP contribution is -2.65. The quantitative estimate of drug-likeness (QED) is 0.856. The second-order valence-corrected chi connectivity index (χ2v) is 5.55. The third kappa shape index (κ3) is 2.07. The summed E-state index contributed by atoms with van der Waals surface area (Å²) in [5.41, 5.74) is 0.800. The normalized spacial score (nSPS) is 28.4. The number of thiocarbonyl (C=S) groups is 1. The molecule has 2 bridgehead atoms. The summed E-state index contributed by atoms with van der Waals surface area (Å²) >= 11 is 5.48. The lowest BCUT2D eigenvalue weighted by molar-refractivity contribution is -0.0740. The fourth-order valence-electron chi connectivity index (χ4n) is 2.89. The number of para-hydroxylation sites is 1. The van der Waals surface area contributed by atoms with Crippen LogP contribution in [-0.2, 0) is 4.74 Å². The molecule has 0 aliphatic carbocycles. The number of hydrogen-bond donors (Lipinski definition) is 1. The topological polar surface area (TPSA) is 33.7 Å². The highest BCUT2D eigenvalue weighted by atomic mass is 32.1. The van der Waals surface area contributed by atoms with Gasteiger partial charge >= 0.3 is 0 Å². The van der Waals surface area contributed by atoms with Crippen LogP contribution in [0.3, 0.4) is 0 Å². The minimum absolute atomic E-state index is 0.237. The van der Waals surface area contributed by atoms with Crippen LogP contribution in [0.2, 0.25) is 0 Å². The zero-order chi connectivity index (χ0) is 13.5. The second-order valence-electron chi connectivity index (χ2n) is 5.17. The molecule has 0 amide bonds. The molecule has 1 N–H and O–H groups in total. The molecule has 19 heavy (non-hydrogen) atoms. The molecular formula is C14H18N2O2S. The van der Waals surface area contributed by atoms with Gasteiger partial charge in [-0.1, -0.05) is 18.2 Å². The minimum Gasteiger partial charge on any atom is -0.468 e. The van der Waals surface area contributed by atoms with Crippen molar-refractivity contribution in [3.63, 3.8) is 0 Å². The Bertz CT molecular complexity index is 508. The van der Waals surface area contributed by atoms with Crippen LogP contribution in [0.1, 0.15) is 24.9 Å². The van der Waals surface area contributed by atoms with Gasteiger partial charge in [-0.15, -0.1) is 0 Å². The van der Waals surface area contributed by atoms with E-state index in [-0.39, 0.29) is 11.8 Å². The van der Waals surface area contributed by atoms with Crippen molar-refractivity contribution in [2.45, 2.75) is 25.1 Å². The summed E-state index contributed by atoms with van der Waals surface area (Å²) in [5, 5.41) is 4.15. The number of rotatable bonds is 3. The van der Waals surface area contributed by atoms with Gasteiger partial charge in [0.15, 0.2) is 10.8 Å². The number of ether oxygens (including phenoxy) is 2. The van der Waals surface area contributed by atoms with E-state index >= 15 is 0 Å². The van der Waals surface area contributed by atoms with Gasteiger partial charge in [0, 0.05) is 25.6 Å². The van der Waals surface area contributed by atoms with Crippen LogP contribution in [0.4, 0.5) is 0 Å². The van der Waals surface area contributed by atoms with Crippen LogP contribution < -0.4 is 10.1 Å². The summed E-state index contributed by atoms with van der Waals surface area (Å²) in [5.74, 6) is 0.943. The molecule has 0 spiro atoms. The van der Waals surface area contributed by atoms with E-state index in [1.807, 2.05) is 18.2 Å². The summed E-state index contributed by atoms with van der Waals surface area (Å²) < 4.78 is 11.4. The standard InChI is InChI=1S/C14H18N2O2S/c1-14-9-11(10-5-3-4-6-12(10)18-14)15-13(19)16(14)7-8-17-2/h3-6,11H,7-9H2,1-2H3,(H,15,19)/t11-,14+/m1/s1. The molecule has 2 aliphatic rings. The molecule has 102 valence electrons. The number of nitrogens with one attached hydrogen (secondary N) is 1. The Labute approximate surface area is 118 Å². The molecule has 1 aromatic carbocycles. The molecule has 0 saturated carbocycles. The molecule has 0 radical (unpaired) electrons. The molecule has 5 heteroatoms. The molecule has 2 aliphatic heterocycles. The van der Waals surface area contributed by atoms with Gasteiger partial charge in [-0.05, 0) is 25.2 Å². The third-order valence-electron chi connectivity index (χ3n) is 3.84. The van der Waals surface area contributed by atoms with E-state index in [9.17, 15) is 0 Å². The molecule has 0 aromatic heterocycles. The van der Waals surface area contributed by atoms with Crippen molar-refractivity contribution in [1.82, 2.24) is 10.2 Å². The maximum atomic E-state index is 6.21. The molecule has 1 fully saturated rings. The van der Waals surface area contributed by atoms with Crippen LogP contribution in [0.5, 0.6) is 5.75 Å². The molecule has 4 nitrogen and oxygen atoms in total. The fraction of sp³-hybridized carbons (Fsp3) is 0.500. The van der Waals surface area contributed by atoms with Crippen molar-refractivity contribution in [2.75, 3.05) is 20.3 Å². The largest absolute Gasteiger partial charge is 0.468 e. The van der Waals surface area contributed by atoms with Crippen molar-refractivity contribution in [2.24, 2.45) is 0 Å². The second kappa shape index (κ2) is 4.65. The van der Waals surface area contributed by atoms with Gasteiger partial charge in [-0.3, -0.25) is 0 Å². The Kier molecular flexibility index (Phi) is 3.11. The molecule has 1 aromatic rings. The van der Waals surface area contributed by atoms with Crippen molar-refractivity contribution in [3.05, 3.63) is 29.8 Å². The van der Waals surface area contributed by atoms with E-state index in [0.717, 1.165) is 23.8 Å². The van der Waals surface area contributed by atoms with Gasteiger partial charge in [0.2, 0.25) is 0 Å². The monoisotopic (exact) mass is 278 g/mol. The average molecular weight is 278 g/mol. The zero-order valence-corrected chi connectivity index (χ0v) is 12.0. The van der Waals surface area contributed by atoms with E-state index in [4.69, 9.17) is 21.7 Å². The number of fused-ring (bicyclic) bond motifs is 4. The fourth-order valence-corrected chi connectivity index (χ4v) is 3.31. The summed E-state index contributed by atoms with van der Waals surface area (Å²) in [7, 11) is 1.70. The molecule has 2 heterocycles. The Morgan fingerprint density at radius 1 is 1.53 bits per heavy atom. The Hall–Kier alpha value is -1.33. The Morgan fingerprint density at radius 2 is 2.32 bits per heavy atom. The molecule has 0 unspecified atom stereocenters. The average Bonchev–Trinajstić information content (AvgIpc) is 2.37.